The number of anilines is 1. The minimum Gasteiger partial charge on any atom is -0.481 e. The van der Waals surface area contributed by atoms with Gasteiger partial charge in [0.05, 0.1) is 12.7 Å². The van der Waals surface area contributed by atoms with Crippen LogP contribution in [-0.2, 0) is 16.0 Å². The van der Waals surface area contributed by atoms with Gasteiger partial charge in [0.1, 0.15) is 0 Å². The number of carbonyl (C=O) groups excluding carboxylic acids is 3. The number of aromatic nitrogens is 1. The third-order valence-electron chi connectivity index (χ3n) is 4.47. The average Bonchev–Trinajstić information content (AvgIpc) is 3.10. The zero-order chi connectivity index (χ0) is 19.6. The second kappa shape index (κ2) is 7.57. The Morgan fingerprint density at radius 2 is 1.89 bits per heavy atom. The van der Waals surface area contributed by atoms with Gasteiger partial charge in [0.25, 0.3) is 0 Å². The Morgan fingerprint density at radius 1 is 1.15 bits per heavy atom. The molecular formula is C20H20N2O5. The standard InChI is InChI=1S/C20H20N2O5/c1-12(27-20(25)16-5-7-18(26-3)21-11-16)19(24)15-4-6-17-14(10-15)8-9-22(17)13(2)23/h4-7,10-12H,8-9H2,1-3H3/t12-/m0/s1. The van der Waals surface area contributed by atoms with Gasteiger partial charge < -0.3 is 14.4 Å². The molecular weight excluding hydrogens is 348 g/mol. The number of pyridine rings is 1. The number of amides is 1. The van der Waals surface area contributed by atoms with Crippen LogP contribution in [0.1, 0.15) is 40.1 Å². The van der Waals surface area contributed by atoms with Crippen LogP contribution in [0.3, 0.4) is 0 Å². The molecule has 1 atom stereocenters. The third-order valence-corrected chi connectivity index (χ3v) is 4.47. The molecule has 27 heavy (non-hydrogen) atoms. The summed E-state index contributed by atoms with van der Waals surface area (Å²) in [6, 6.07) is 8.25. The second-order valence-electron chi connectivity index (χ2n) is 6.27. The van der Waals surface area contributed by atoms with Crippen LogP contribution < -0.4 is 9.64 Å². The lowest BCUT2D eigenvalue weighted by Gasteiger charge is -2.16. The Morgan fingerprint density at radius 3 is 2.52 bits per heavy atom. The maximum absolute atomic E-state index is 12.6. The minimum atomic E-state index is -0.942. The largest absolute Gasteiger partial charge is 0.481 e. The van der Waals surface area contributed by atoms with Gasteiger partial charge in [0, 0.05) is 37.0 Å². The highest BCUT2D eigenvalue weighted by Crippen LogP contribution is 2.29. The molecule has 7 nitrogen and oxygen atoms in total. The first-order valence-electron chi connectivity index (χ1n) is 8.57. The second-order valence-corrected chi connectivity index (χ2v) is 6.27. The van der Waals surface area contributed by atoms with Gasteiger partial charge in [0.15, 0.2) is 6.10 Å². The lowest BCUT2D eigenvalue weighted by molar-refractivity contribution is -0.116. The van der Waals surface area contributed by atoms with Crippen molar-refractivity contribution in [3.8, 4) is 5.88 Å². The molecule has 2 heterocycles. The number of esters is 1. The van der Waals surface area contributed by atoms with Crippen LogP contribution in [0, 0.1) is 0 Å². The number of benzene rings is 1. The maximum Gasteiger partial charge on any atom is 0.340 e. The summed E-state index contributed by atoms with van der Waals surface area (Å²) >= 11 is 0. The Bertz CT molecular complexity index is 892. The van der Waals surface area contributed by atoms with E-state index in [0.29, 0.717) is 24.4 Å². The third kappa shape index (κ3) is 3.81. The lowest BCUT2D eigenvalue weighted by atomic mass is 10.0. The molecule has 140 valence electrons. The maximum atomic E-state index is 12.6. The number of ketones is 1. The van der Waals surface area contributed by atoms with Crippen molar-refractivity contribution in [2.45, 2.75) is 26.4 Å². The SMILES string of the molecule is COc1ccc(C(=O)O[C@@H](C)C(=O)c2ccc3c(c2)CCN3C(C)=O)cn1. The normalized spacial score (nSPS) is 13.7. The highest BCUT2D eigenvalue weighted by atomic mass is 16.5. The summed E-state index contributed by atoms with van der Waals surface area (Å²) in [6.07, 6.45) is 1.09. The number of carbonyl (C=O) groups is 3. The molecule has 0 fully saturated rings. The Hall–Kier alpha value is -3.22. The number of rotatable bonds is 5. The van der Waals surface area contributed by atoms with Gasteiger partial charge >= 0.3 is 5.97 Å². The van der Waals surface area contributed by atoms with Crippen LogP contribution in [0.25, 0.3) is 0 Å². The van der Waals surface area contributed by atoms with Crippen LogP contribution >= 0.6 is 0 Å². The highest BCUT2D eigenvalue weighted by Gasteiger charge is 2.25. The summed E-state index contributed by atoms with van der Waals surface area (Å²) in [5, 5.41) is 0. The van der Waals surface area contributed by atoms with Crippen LogP contribution in [0.15, 0.2) is 36.5 Å². The van der Waals surface area contributed by atoms with Crippen LogP contribution in [0.4, 0.5) is 5.69 Å². The molecule has 1 aliphatic rings. The molecule has 0 saturated heterocycles. The molecule has 0 unspecified atom stereocenters. The first-order chi connectivity index (χ1) is 12.9. The van der Waals surface area contributed by atoms with Crippen molar-refractivity contribution < 1.29 is 23.9 Å². The molecule has 0 saturated carbocycles. The quantitative estimate of drug-likeness (QED) is 0.595. The molecule has 0 aliphatic carbocycles. The summed E-state index contributed by atoms with van der Waals surface area (Å²) in [5.41, 5.74) is 2.45. The fourth-order valence-electron chi connectivity index (χ4n) is 3.02. The first-order valence-corrected chi connectivity index (χ1v) is 8.57. The van der Waals surface area contributed by atoms with E-state index in [1.807, 2.05) is 0 Å². The summed E-state index contributed by atoms with van der Waals surface area (Å²) in [7, 11) is 1.48. The van der Waals surface area contributed by atoms with Crippen molar-refractivity contribution in [3.05, 3.63) is 53.2 Å². The molecule has 1 aromatic heterocycles. The number of ether oxygens (including phenoxy) is 2. The van der Waals surface area contributed by atoms with Gasteiger partial charge in [-0.25, -0.2) is 9.78 Å². The van der Waals surface area contributed by atoms with E-state index in [0.717, 1.165) is 11.3 Å². The Labute approximate surface area is 156 Å². The van der Waals surface area contributed by atoms with Crippen LogP contribution in [0.2, 0.25) is 0 Å². The number of fused-ring (bicyclic) bond motifs is 1. The molecule has 1 aromatic carbocycles. The van der Waals surface area contributed by atoms with Gasteiger partial charge in [-0.1, -0.05) is 0 Å². The van der Waals surface area contributed by atoms with Crippen molar-refractivity contribution in [3.63, 3.8) is 0 Å². The molecule has 0 radical (unpaired) electrons. The van der Waals surface area contributed by atoms with Gasteiger partial charge in [-0.15, -0.1) is 0 Å². The predicted octanol–water partition coefficient (Wildman–Crippen LogP) is 2.43. The van der Waals surface area contributed by atoms with E-state index >= 15 is 0 Å². The van der Waals surface area contributed by atoms with Crippen molar-refractivity contribution >= 4 is 23.3 Å². The zero-order valence-corrected chi connectivity index (χ0v) is 15.4. The summed E-state index contributed by atoms with van der Waals surface area (Å²) in [5.74, 6) is -0.569. The van der Waals surface area contributed by atoms with Gasteiger partial charge in [0.2, 0.25) is 17.6 Å². The molecule has 0 N–H and O–H groups in total. The van der Waals surface area contributed by atoms with Gasteiger partial charge in [-0.2, -0.15) is 0 Å². The summed E-state index contributed by atoms with van der Waals surface area (Å²) in [4.78, 5) is 42.1. The van der Waals surface area contributed by atoms with E-state index in [1.54, 1.807) is 29.2 Å². The molecule has 3 rings (SSSR count). The van der Waals surface area contributed by atoms with E-state index in [-0.39, 0.29) is 17.3 Å². The summed E-state index contributed by atoms with van der Waals surface area (Å²) in [6.45, 7) is 3.66. The molecule has 1 amide bonds. The van der Waals surface area contributed by atoms with E-state index in [1.165, 1.54) is 33.2 Å². The topological polar surface area (TPSA) is 85.8 Å². The van der Waals surface area contributed by atoms with Crippen LogP contribution in [0.5, 0.6) is 5.88 Å². The number of Topliss-reactive ketones (excluding diaryl/α,β-unsaturated/α-hetero) is 1. The monoisotopic (exact) mass is 368 g/mol. The van der Waals surface area contributed by atoms with E-state index in [4.69, 9.17) is 9.47 Å². The highest BCUT2D eigenvalue weighted by molar-refractivity contribution is 6.02. The number of hydrogen-bond donors (Lipinski definition) is 0. The van der Waals surface area contributed by atoms with E-state index in [9.17, 15) is 14.4 Å². The van der Waals surface area contributed by atoms with Gasteiger partial charge in [-0.05, 0) is 43.2 Å². The molecule has 0 bridgehead atoms. The van der Waals surface area contributed by atoms with Crippen molar-refractivity contribution in [2.75, 3.05) is 18.6 Å². The van der Waals surface area contributed by atoms with Crippen molar-refractivity contribution in [1.82, 2.24) is 4.98 Å². The lowest BCUT2D eigenvalue weighted by Crippen LogP contribution is -2.26. The molecule has 2 aromatic rings. The van der Waals surface area contributed by atoms with Gasteiger partial charge in [-0.3, -0.25) is 9.59 Å². The van der Waals surface area contributed by atoms with Crippen LogP contribution in [-0.4, -0.2) is 42.4 Å². The number of hydrogen-bond acceptors (Lipinski definition) is 6. The van der Waals surface area contributed by atoms with Crippen molar-refractivity contribution in [1.29, 1.82) is 0 Å². The molecule has 7 heteroatoms. The minimum absolute atomic E-state index is 0.0248. The predicted molar refractivity (Wildman–Crippen MR) is 98.2 cm³/mol. The number of nitrogens with zero attached hydrogens (tertiary/aromatic N) is 2. The Kier molecular flexibility index (Phi) is 5.21. The fraction of sp³-hybridized carbons (Fsp3) is 0.300. The molecule has 0 spiro atoms. The molecule has 1 aliphatic heterocycles. The number of methoxy groups -OCH3 is 1. The Balaban J connectivity index is 1.70. The average molecular weight is 368 g/mol. The van der Waals surface area contributed by atoms with Crippen molar-refractivity contribution in [2.24, 2.45) is 0 Å². The zero-order valence-electron chi connectivity index (χ0n) is 15.4. The van der Waals surface area contributed by atoms with E-state index < -0.39 is 12.1 Å². The summed E-state index contributed by atoms with van der Waals surface area (Å²) < 4.78 is 10.2. The van der Waals surface area contributed by atoms with E-state index in [2.05, 4.69) is 4.98 Å². The fourth-order valence-corrected chi connectivity index (χ4v) is 3.02. The smallest absolute Gasteiger partial charge is 0.340 e. The first kappa shape index (κ1) is 18.6.